The topological polar surface area (TPSA) is 52.6 Å². The van der Waals surface area contributed by atoms with Crippen LogP contribution in [0.4, 0.5) is 4.39 Å². The Bertz CT molecular complexity index is 707. The summed E-state index contributed by atoms with van der Waals surface area (Å²) >= 11 is 0. The largest absolute Gasteiger partial charge is 0.357 e. The van der Waals surface area contributed by atoms with Gasteiger partial charge in [-0.05, 0) is 50.8 Å². The summed E-state index contributed by atoms with van der Waals surface area (Å²) in [5.41, 5.74) is 2.73. The van der Waals surface area contributed by atoms with E-state index in [1.54, 1.807) is 12.3 Å². The van der Waals surface area contributed by atoms with Gasteiger partial charge < -0.3 is 15.5 Å². The average Bonchev–Trinajstić information content (AvgIpc) is 2.62. The van der Waals surface area contributed by atoms with Crippen molar-refractivity contribution in [2.24, 2.45) is 4.99 Å². The van der Waals surface area contributed by atoms with Crippen LogP contribution in [0, 0.1) is 5.82 Å². The zero-order valence-electron chi connectivity index (χ0n) is 16.2. The number of hydrogen-bond acceptors (Lipinski definition) is 3. The van der Waals surface area contributed by atoms with Crippen molar-refractivity contribution in [2.75, 3.05) is 27.2 Å². The van der Waals surface area contributed by atoms with Gasteiger partial charge in [-0.1, -0.05) is 12.1 Å². The molecule has 0 aliphatic heterocycles. The van der Waals surface area contributed by atoms with Crippen LogP contribution in [0.2, 0.25) is 0 Å². The van der Waals surface area contributed by atoms with Crippen LogP contribution in [0.15, 0.2) is 47.6 Å². The third-order valence-electron chi connectivity index (χ3n) is 3.76. The second-order valence-corrected chi connectivity index (χ2v) is 6.36. The van der Waals surface area contributed by atoms with Gasteiger partial charge in [0.2, 0.25) is 0 Å². The molecule has 2 aromatic rings. The van der Waals surface area contributed by atoms with Crippen LogP contribution in [-0.2, 0) is 19.5 Å². The van der Waals surface area contributed by atoms with Crippen LogP contribution in [0.3, 0.4) is 0 Å². The van der Waals surface area contributed by atoms with Gasteiger partial charge in [0.15, 0.2) is 5.96 Å². The van der Waals surface area contributed by atoms with Crippen molar-refractivity contribution in [1.82, 2.24) is 20.5 Å². The molecule has 7 heteroatoms. The van der Waals surface area contributed by atoms with E-state index in [1.165, 1.54) is 6.07 Å². The van der Waals surface area contributed by atoms with E-state index in [-0.39, 0.29) is 29.8 Å². The second-order valence-electron chi connectivity index (χ2n) is 6.36. The van der Waals surface area contributed by atoms with E-state index in [0.717, 1.165) is 36.7 Å². The predicted octanol–water partition coefficient (Wildman–Crippen LogP) is 3.20. The highest BCUT2D eigenvalue weighted by molar-refractivity contribution is 14.0. The first-order valence-electron chi connectivity index (χ1n) is 8.92. The molecule has 0 aliphatic carbocycles. The molecule has 0 bridgehead atoms. The van der Waals surface area contributed by atoms with Gasteiger partial charge in [0.1, 0.15) is 5.82 Å². The highest BCUT2D eigenvalue weighted by Crippen LogP contribution is 2.13. The van der Waals surface area contributed by atoms with Gasteiger partial charge in [0.25, 0.3) is 0 Å². The molecule has 0 spiro atoms. The molecule has 1 aromatic heterocycles. The number of pyridine rings is 1. The average molecular weight is 485 g/mol. The van der Waals surface area contributed by atoms with E-state index in [4.69, 9.17) is 0 Å². The van der Waals surface area contributed by atoms with Crippen molar-refractivity contribution < 1.29 is 4.39 Å². The van der Waals surface area contributed by atoms with Gasteiger partial charge in [-0.15, -0.1) is 24.0 Å². The minimum absolute atomic E-state index is 0. The van der Waals surface area contributed by atoms with Crippen molar-refractivity contribution in [3.05, 3.63) is 65.2 Å². The molecule has 0 saturated carbocycles. The van der Waals surface area contributed by atoms with Crippen LogP contribution >= 0.6 is 24.0 Å². The lowest BCUT2D eigenvalue weighted by molar-refractivity contribution is 0.392. The number of aromatic nitrogens is 1. The zero-order valence-corrected chi connectivity index (χ0v) is 18.5. The third-order valence-corrected chi connectivity index (χ3v) is 3.76. The Hall–Kier alpha value is -1.74. The fourth-order valence-electron chi connectivity index (χ4n) is 2.56. The number of hydrogen-bond donors (Lipinski definition) is 2. The van der Waals surface area contributed by atoms with Crippen molar-refractivity contribution in [3.63, 3.8) is 0 Å². The van der Waals surface area contributed by atoms with Crippen LogP contribution in [0.5, 0.6) is 0 Å². The summed E-state index contributed by atoms with van der Waals surface area (Å²) in [6, 6.07) is 11.1. The fourth-order valence-corrected chi connectivity index (χ4v) is 2.56. The summed E-state index contributed by atoms with van der Waals surface area (Å²) < 4.78 is 13.9. The Morgan fingerprint density at radius 2 is 2.00 bits per heavy atom. The fraction of sp³-hybridized carbons (Fsp3) is 0.400. The van der Waals surface area contributed by atoms with Gasteiger partial charge in [-0.2, -0.15) is 0 Å². The number of benzene rings is 1. The third kappa shape index (κ3) is 8.66. The predicted molar refractivity (Wildman–Crippen MR) is 120 cm³/mol. The van der Waals surface area contributed by atoms with E-state index in [1.807, 2.05) is 50.2 Å². The monoisotopic (exact) mass is 485 g/mol. The smallest absolute Gasteiger partial charge is 0.191 e. The Balaban J connectivity index is 0.00000364. The number of rotatable bonds is 8. The minimum atomic E-state index is -0.174. The summed E-state index contributed by atoms with van der Waals surface area (Å²) in [5.74, 6) is 0.578. The van der Waals surface area contributed by atoms with Gasteiger partial charge in [-0.25, -0.2) is 9.38 Å². The van der Waals surface area contributed by atoms with Gasteiger partial charge in [0.05, 0.1) is 6.54 Å². The quantitative estimate of drug-likeness (QED) is 0.343. The number of halogens is 2. The lowest BCUT2D eigenvalue weighted by Crippen LogP contribution is -2.38. The summed E-state index contributed by atoms with van der Waals surface area (Å²) in [6.07, 6.45) is 2.63. The zero-order chi connectivity index (χ0) is 18.8. The molecule has 1 heterocycles. The minimum Gasteiger partial charge on any atom is -0.357 e. The molecule has 0 fully saturated rings. The molecule has 0 unspecified atom stereocenters. The molecule has 0 aliphatic rings. The summed E-state index contributed by atoms with van der Waals surface area (Å²) in [7, 11) is 3.86. The van der Waals surface area contributed by atoms with Gasteiger partial charge >= 0.3 is 0 Å². The number of guanidine groups is 1. The molecule has 27 heavy (non-hydrogen) atoms. The summed E-state index contributed by atoms with van der Waals surface area (Å²) in [4.78, 5) is 10.9. The molecule has 148 valence electrons. The van der Waals surface area contributed by atoms with Crippen molar-refractivity contribution in [2.45, 2.75) is 26.4 Å². The van der Waals surface area contributed by atoms with Gasteiger partial charge in [0, 0.05) is 43.5 Å². The van der Waals surface area contributed by atoms with Gasteiger partial charge in [-0.3, -0.25) is 4.98 Å². The highest BCUT2D eigenvalue weighted by Gasteiger charge is 2.05. The molecule has 2 rings (SSSR count). The van der Waals surface area contributed by atoms with E-state index >= 15 is 0 Å². The first kappa shape index (κ1) is 23.3. The van der Waals surface area contributed by atoms with E-state index < -0.39 is 0 Å². The lowest BCUT2D eigenvalue weighted by Gasteiger charge is -2.13. The Morgan fingerprint density at radius 3 is 2.67 bits per heavy atom. The van der Waals surface area contributed by atoms with E-state index in [2.05, 4.69) is 20.6 Å². The Kier molecular flexibility index (Phi) is 10.9. The molecule has 0 amide bonds. The summed E-state index contributed by atoms with van der Waals surface area (Å²) in [6.45, 7) is 4.64. The maximum atomic E-state index is 13.9. The number of nitrogens with one attached hydrogen (secondary N) is 2. The van der Waals surface area contributed by atoms with E-state index in [0.29, 0.717) is 18.7 Å². The number of nitrogens with zero attached hydrogens (tertiary/aromatic N) is 3. The van der Waals surface area contributed by atoms with Crippen LogP contribution < -0.4 is 10.6 Å². The maximum Gasteiger partial charge on any atom is 0.191 e. The molecule has 0 atom stereocenters. The van der Waals surface area contributed by atoms with Crippen LogP contribution in [0.25, 0.3) is 0 Å². The molecular weight excluding hydrogens is 456 g/mol. The standard InChI is InChI=1S/C20H28FN5.HI/c1-4-22-20(24-12-10-18-7-5-6-11-23-18)25-14-16-8-9-19(21)17(13-16)15-26(2)3;/h5-9,11,13H,4,10,12,14-15H2,1-3H3,(H2,22,24,25);1H. The molecule has 0 saturated heterocycles. The van der Waals surface area contributed by atoms with Crippen LogP contribution in [0.1, 0.15) is 23.7 Å². The summed E-state index contributed by atoms with van der Waals surface area (Å²) in [5, 5.41) is 6.55. The van der Waals surface area contributed by atoms with Crippen molar-refractivity contribution in [1.29, 1.82) is 0 Å². The number of aliphatic imine (C=N–C) groups is 1. The molecule has 2 N–H and O–H groups in total. The molecule has 5 nitrogen and oxygen atoms in total. The second kappa shape index (κ2) is 12.6. The highest BCUT2D eigenvalue weighted by atomic mass is 127. The first-order chi connectivity index (χ1) is 12.6. The normalized spacial score (nSPS) is 11.2. The molecular formula is C20H29FIN5. The van der Waals surface area contributed by atoms with Crippen LogP contribution in [-0.4, -0.2) is 43.0 Å². The SMILES string of the molecule is CCNC(=NCc1ccc(F)c(CN(C)C)c1)NCCc1ccccn1.I. The van der Waals surface area contributed by atoms with E-state index in [9.17, 15) is 4.39 Å². The maximum absolute atomic E-state index is 13.9. The lowest BCUT2D eigenvalue weighted by atomic mass is 10.1. The van der Waals surface area contributed by atoms with Crippen molar-refractivity contribution in [3.8, 4) is 0 Å². The molecule has 1 aromatic carbocycles. The Labute approximate surface area is 178 Å². The van der Waals surface area contributed by atoms with Crippen molar-refractivity contribution >= 4 is 29.9 Å². The first-order valence-corrected chi connectivity index (χ1v) is 8.92. The molecule has 0 radical (unpaired) electrons. The Morgan fingerprint density at radius 1 is 1.19 bits per heavy atom.